The topological polar surface area (TPSA) is 66.9 Å². The van der Waals surface area contributed by atoms with Crippen molar-refractivity contribution < 1.29 is 4.79 Å². The molecule has 0 aliphatic carbocycles. The minimum Gasteiger partial charge on any atom is -0.369 e. The minimum atomic E-state index is -0.188. The average molecular weight is 276 g/mol. The maximum absolute atomic E-state index is 11.8. The quantitative estimate of drug-likeness (QED) is 0.846. The molecule has 0 aliphatic heterocycles. The van der Waals surface area contributed by atoms with E-state index in [2.05, 4.69) is 26.9 Å². The van der Waals surface area contributed by atoms with Crippen molar-refractivity contribution in [2.24, 2.45) is 0 Å². The third-order valence-electron chi connectivity index (χ3n) is 2.49. The van der Waals surface area contributed by atoms with Gasteiger partial charge < -0.3 is 10.6 Å². The molecule has 100 valence electrons. The van der Waals surface area contributed by atoms with Crippen LogP contribution in [0.15, 0.2) is 29.6 Å². The second kappa shape index (κ2) is 6.84. The second-order valence-corrected chi connectivity index (χ2v) is 4.95. The van der Waals surface area contributed by atoms with Crippen molar-refractivity contribution in [3.63, 3.8) is 0 Å². The fraction of sp³-hybridized carbons (Fsp3) is 0.308. The zero-order valence-electron chi connectivity index (χ0n) is 10.7. The van der Waals surface area contributed by atoms with Crippen molar-refractivity contribution in [3.05, 3.63) is 40.2 Å². The maximum Gasteiger partial charge on any atom is 0.271 e. The molecule has 0 aliphatic rings. The average Bonchev–Trinajstić information content (AvgIpc) is 2.93. The van der Waals surface area contributed by atoms with Crippen LogP contribution in [0.3, 0.4) is 0 Å². The van der Waals surface area contributed by atoms with Crippen LogP contribution in [-0.4, -0.2) is 29.2 Å². The summed E-state index contributed by atoms with van der Waals surface area (Å²) in [5, 5.41) is 15.7. The molecule has 0 bridgehead atoms. The smallest absolute Gasteiger partial charge is 0.271 e. The zero-order chi connectivity index (χ0) is 13.5. The second-order valence-electron chi connectivity index (χ2n) is 3.92. The summed E-state index contributed by atoms with van der Waals surface area (Å²) in [6.07, 6.45) is 0.840. The summed E-state index contributed by atoms with van der Waals surface area (Å²) in [5.41, 5.74) is 0.341. The number of anilines is 1. The van der Waals surface area contributed by atoms with Gasteiger partial charge in [0.2, 0.25) is 0 Å². The van der Waals surface area contributed by atoms with Gasteiger partial charge in [-0.05, 0) is 36.9 Å². The van der Waals surface area contributed by atoms with Gasteiger partial charge in [0.05, 0.1) is 0 Å². The van der Waals surface area contributed by atoms with E-state index < -0.39 is 0 Å². The van der Waals surface area contributed by atoms with Gasteiger partial charge in [-0.25, -0.2) is 0 Å². The number of carbonyl (C=O) groups is 1. The third-order valence-corrected chi connectivity index (χ3v) is 3.43. The summed E-state index contributed by atoms with van der Waals surface area (Å²) >= 11 is 1.69. The number of aromatic nitrogens is 2. The molecule has 2 rings (SSSR count). The highest BCUT2D eigenvalue weighted by atomic mass is 32.1. The lowest BCUT2D eigenvalue weighted by Crippen LogP contribution is -2.26. The monoisotopic (exact) mass is 276 g/mol. The van der Waals surface area contributed by atoms with Gasteiger partial charge in [-0.2, -0.15) is 0 Å². The predicted molar refractivity (Wildman–Crippen MR) is 76.6 cm³/mol. The van der Waals surface area contributed by atoms with Gasteiger partial charge in [-0.3, -0.25) is 4.79 Å². The van der Waals surface area contributed by atoms with E-state index in [4.69, 9.17) is 0 Å². The number of carbonyl (C=O) groups excluding carboxylic acids is 1. The lowest BCUT2D eigenvalue weighted by atomic mass is 10.3. The summed E-state index contributed by atoms with van der Waals surface area (Å²) in [4.78, 5) is 13.1. The van der Waals surface area contributed by atoms with Crippen LogP contribution in [0.25, 0.3) is 0 Å². The van der Waals surface area contributed by atoms with E-state index in [1.165, 1.54) is 4.88 Å². The number of rotatable bonds is 6. The molecule has 0 saturated carbocycles. The Hall–Kier alpha value is -1.95. The molecule has 6 heteroatoms. The number of thiophene rings is 1. The van der Waals surface area contributed by atoms with Gasteiger partial charge in [0.1, 0.15) is 5.82 Å². The van der Waals surface area contributed by atoms with Crippen LogP contribution in [0.2, 0.25) is 0 Å². The molecule has 0 spiro atoms. The van der Waals surface area contributed by atoms with Gasteiger partial charge in [0.25, 0.3) is 5.91 Å². The molecular formula is C13H16N4OS. The molecule has 1 amide bonds. The highest BCUT2D eigenvalue weighted by Gasteiger charge is 2.07. The summed E-state index contributed by atoms with van der Waals surface area (Å²) in [7, 11) is 0. The van der Waals surface area contributed by atoms with E-state index in [0.717, 1.165) is 13.0 Å². The Balaban J connectivity index is 1.82. The summed E-state index contributed by atoms with van der Waals surface area (Å²) in [5.74, 6) is 0.491. The fourth-order valence-corrected chi connectivity index (χ4v) is 2.28. The Kier molecular flexibility index (Phi) is 4.85. The van der Waals surface area contributed by atoms with Gasteiger partial charge in [-0.15, -0.1) is 21.5 Å². The van der Waals surface area contributed by atoms with E-state index in [1.807, 2.05) is 18.4 Å². The van der Waals surface area contributed by atoms with Gasteiger partial charge in [0, 0.05) is 18.0 Å². The van der Waals surface area contributed by atoms with Gasteiger partial charge in [0.15, 0.2) is 5.69 Å². The van der Waals surface area contributed by atoms with E-state index in [-0.39, 0.29) is 5.91 Å². The highest BCUT2D eigenvalue weighted by molar-refractivity contribution is 7.09. The van der Waals surface area contributed by atoms with Crippen molar-refractivity contribution in [2.75, 3.05) is 18.4 Å². The molecule has 5 nitrogen and oxygen atoms in total. The molecular weight excluding hydrogens is 260 g/mol. The first-order valence-corrected chi connectivity index (χ1v) is 7.05. The molecule has 0 fully saturated rings. The van der Waals surface area contributed by atoms with Crippen LogP contribution in [-0.2, 0) is 6.42 Å². The summed E-state index contributed by atoms with van der Waals surface area (Å²) < 4.78 is 0. The number of hydrogen-bond donors (Lipinski definition) is 2. The van der Waals surface area contributed by atoms with Crippen molar-refractivity contribution in [2.45, 2.75) is 13.3 Å². The third kappa shape index (κ3) is 4.03. The molecule has 0 saturated heterocycles. The lowest BCUT2D eigenvalue weighted by molar-refractivity contribution is 0.0948. The van der Waals surface area contributed by atoms with Crippen LogP contribution in [0.4, 0.5) is 5.82 Å². The number of amides is 1. The van der Waals surface area contributed by atoms with E-state index >= 15 is 0 Å². The van der Waals surface area contributed by atoms with Crippen LogP contribution < -0.4 is 10.6 Å². The molecule has 0 atom stereocenters. The minimum absolute atomic E-state index is 0.188. The zero-order valence-corrected chi connectivity index (χ0v) is 11.5. The van der Waals surface area contributed by atoms with Crippen molar-refractivity contribution in [1.29, 1.82) is 0 Å². The van der Waals surface area contributed by atoms with E-state index in [1.54, 1.807) is 23.5 Å². The number of hydrogen-bond acceptors (Lipinski definition) is 5. The first kappa shape index (κ1) is 13.5. The maximum atomic E-state index is 11.8. The Morgan fingerprint density at radius 2 is 2.21 bits per heavy atom. The normalized spacial score (nSPS) is 10.2. The van der Waals surface area contributed by atoms with Gasteiger partial charge in [-0.1, -0.05) is 6.07 Å². The molecule has 2 aromatic heterocycles. The Labute approximate surface area is 116 Å². The summed E-state index contributed by atoms with van der Waals surface area (Å²) in [6, 6.07) is 7.49. The number of nitrogens with zero attached hydrogens (tertiary/aromatic N) is 2. The van der Waals surface area contributed by atoms with Crippen LogP contribution in [0.1, 0.15) is 22.3 Å². The molecule has 2 heterocycles. The van der Waals surface area contributed by atoms with Crippen LogP contribution >= 0.6 is 11.3 Å². The lowest BCUT2D eigenvalue weighted by Gasteiger charge is -2.04. The Morgan fingerprint density at radius 1 is 1.32 bits per heavy atom. The molecule has 19 heavy (non-hydrogen) atoms. The van der Waals surface area contributed by atoms with Crippen LogP contribution in [0.5, 0.6) is 0 Å². The highest BCUT2D eigenvalue weighted by Crippen LogP contribution is 2.08. The Bertz CT molecular complexity index is 510. The molecule has 2 N–H and O–H groups in total. The Morgan fingerprint density at radius 3 is 2.84 bits per heavy atom. The largest absolute Gasteiger partial charge is 0.369 e. The van der Waals surface area contributed by atoms with Crippen molar-refractivity contribution >= 4 is 23.1 Å². The fourth-order valence-electron chi connectivity index (χ4n) is 1.57. The number of nitrogens with one attached hydrogen (secondary N) is 2. The predicted octanol–water partition coefficient (Wildman–Crippen LogP) is 1.94. The molecule has 0 unspecified atom stereocenters. The van der Waals surface area contributed by atoms with E-state index in [0.29, 0.717) is 18.1 Å². The van der Waals surface area contributed by atoms with Gasteiger partial charge >= 0.3 is 0 Å². The first-order chi connectivity index (χ1) is 9.29. The SMILES string of the molecule is CCNc1ccc(C(=O)NCCc2cccs2)nn1. The van der Waals surface area contributed by atoms with Crippen molar-refractivity contribution in [1.82, 2.24) is 15.5 Å². The molecule has 0 radical (unpaired) electrons. The van der Waals surface area contributed by atoms with Crippen molar-refractivity contribution in [3.8, 4) is 0 Å². The molecule has 2 aromatic rings. The molecule has 0 aromatic carbocycles. The van der Waals surface area contributed by atoms with E-state index in [9.17, 15) is 4.79 Å². The standard InChI is InChI=1S/C13H16N4OS/c1-2-14-12-6-5-11(16-17-12)13(18)15-8-7-10-4-3-9-19-10/h3-6,9H,2,7-8H2,1H3,(H,14,17)(H,15,18). The summed E-state index contributed by atoms with van der Waals surface area (Å²) in [6.45, 7) is 3.36. The van der Waals surface area contributed by atoms with Crippen LogP contribution in [0, 0.1) is 0 Å². The first-order valence-electron chi connectivity index (χ1n) is 6.17.